The third kappa shape index (κ3) is 1.50. The minimum Gasteiger partial charge on any atom is -0.481 e. The van der Waals surface area contributed by atoms with Crippen LogP contribution < -0.4 is 0 Å². The molecule has 0 aromatic rings. The minimum atomic E-state index is -0.654. The summed E-state index contributed by atoms with van der Waals surface area (Å²) in [4.78, 5) is 10.5. The van der Waals surface area contributed by atoms with E-state index in [1.54, 1.807) is 0 Å². The Morgan fingerprint density at radius 3 is 2.69 bits per heavy atom. The molecule has 72 valence electrons. The van der Waals surface area contributed by atoms with Gasteiger partial charge in [-0.05, 0) is 36.5 Å². The fraction of sp³-hybridized carbons (Fsp3) is 0.727. The van der Waals surface area contributed by atoms with Crippen molar-refractivity contribution in [1.82, 2.24) is 0 Å². The second kappa shape index (κ2) is 3.17. The van der Waals surface area contributed by atoms with E-state index in [0.717, 1.165) is 12.3 Å². The van der Waals surface area contributed by atoms with Crippen LogP contribution in [0.5, 0.6) is 0 Å². The normalized spacial score (nSPS) is 41.3. The molecule has 1 N–H and O–H groups in total. The first-order valence-corrected chi connectivity index (χ1v) is 5.08. The van der Waals surface area contributed by atoms with Crippen LogP contribution in [0.4, 0.5) is 0 Å². The van der Waals surface area contributed by atoms with E-state index in [4.69, 9.17) is 5.11 Å². The van der Waals surface area contributed by atoms with Crippen LogP contribution in [0.15, 0.2) is 12.2 Å². The van der Waals surface area contributed by atoms with Crippen molar-refractivity contribution in [2.75, 3.05) is 0 Å². The lowest BCUT2D eigenvalue weighted by Gasteiger charge is -2.23. The number of rotatable bonds is 3. The van der Waals surface area contributed by atoms with Gasteiger partial charge in [0.15, 0.2) is 0 Å². The molecular formula is C11H16O2. The van der Waals surface area contributed by atoms with Gasteiger partial charge in [-0.25, -0.2) is 0 Å². The Labute approximate surface area is 78.6 Å². The number of carboxylic acid groups (broad SMARTS) is 1. The van der Waals surface area contributed by atoms with Gasteiger partial charge in [0.2, 0.25) is 0 Å². The molecule has 1 fully saturated rings. The molecular weight excluding hydrogens is 164 g/mol. The largest absolute Gasteiger partial charge is 0.481 e. The second-order valence-corrected chi connectivity index (χ2v) is 4.40. The van der Waals surface area contributed by atoms with Gasteiger partial charge < -0.3 is 5.11 Å². The quantitative estimate of drug-likeness (QED) is 0.677. The van der Waals surface area contributed by atoms with E-state index in [-0.39, 0.29) is 0 Å². The molecule has 4 atom stereocenters. The molecule has 1 saturated carbocycles. The highest BCUT2D eigenvalue weighted by Crippen LogP contribution is 2.49. The standard InChI is InChI=1S/C11H16O2/c1-7-8-2-3-9(6-8)10(7)4-5-11(12)13/h2-3,7-10H,4-6H2,1H3,(H,12,13). The second-order valence-electron chi connectivity index (χ2n) is 4.40. The molecule has 0 aliphatic heterocycles. The van der Waals surface area contributed by atoms with Crippen LogP contribution in [0.3, 0.4) is 0 Å². The third-order valence-corrected chi connectivity index (χ3v) is 3.74. The Morgan fingerprint density at radius 2 is 2.15 bits per heavy atom. The summed E-state index contributed by atoms with van der Waals surface area (Å²) in [5.41, 5.74) is 0. The Bertz CT molecular complexity index is 244. The lowest BCUT2D eigenvalue weighted by atomic mass is 9.81. The first-order valence-electron chi connectivity index (χ1n) is 5.08. The van der Waals surface area contributed by atoms with Gasteiger partial charge in [-0.15, -0.1) is 0 Å². The summed E-state index contributed by atoms with van der Waals surface area (Å²) >= 11 is 0. The zero-order chi connectivity index (χ0) is 9.42. The lowest BCUT2D eigenvalue weighted by molar-refractivity contribution is -0.137. The third-order valence-electron chi connectivity index (χ3n) is 3.74. The molecule has 2 heteroatoms. The van der Waals surface area contributed by atoms with Crippen LogP contribution in [-0.2, 0) is 4.79 Å². The Kier molecular flexibility index (Phi) is 2.14. The number of fused-ring (bicyclic) bond motifs is 2. The average molecular weight is 180 g/mol. The predicted octanol–water partition coefficient (Wildman–Crippen LogP) is 2.31. The van der Waals surface area contributed by atoms with Gasteiger partial charge in [0.05, 0.1) is 0 Å². The SMILES string of the molecule is CC1C2C=CC(C2)C1CCC(=O)O. The van der Waals surface area contributed by atoms with Crippen molar-refractivity contribution in [2.45, 2.75) is 26.2 Å². The van der Waals surface area contributed by atoms with E-state index in [2.05, 4.69) is 19.1 Å². The molecule has 0 amide bonds. The summed E-state index contributed by atoms with van der Waals surface area (Å²) in [5, 5.41) is 8.61. The molecule has 2 aliphatic rings. The van der Waals surface area contributed by atoms with Crippen LogP contribution in [0.1, 0.15) is 26.2 Å². The average Bonchev–Trinajstić information content (AvgIpc) is 2.61. The molecule has 2 rings (SSSR count). The Morgan fingerprint density at radius 1 is 1.46 bits per heavy atom. The van der Waals surface area contributed by atoms with E-state index in [0.29, 0.717) is 24.2 Å². The lowest BCUT2D eigenvalue weighted by Crippen LogP contribution is -2.17. The maximum atomic E-state index is 10.5. The highest BCUT2D eigenvalue weighted by molar-refractivity contribution is 5.66. The van der Waals surface area contributed by atoms with Crippen LogP contribution in [0, 0.1) is 23.7 Å². The van der Waals surface area contributed by atoms with E-state index >= 15 is 0 Å². The molecule has 0 spiro atoms. The predicted molar refractivity (Wildman–Crippen MR) is 50.3 cm³/mol. The van der Waals surface area contributed by atoms with Crippen molar-refractivity contribution in [3.05, 3.63) is 12.2 Å². The van der Waals surface area contributed by atoms with Gasteiger partial charge >= 0.3 is 5.97 Å². The number of allylic oxidation sites excluding steroid dienone is 2. The van der Waals surface area contributed by atoms with Crippen molar-refractivity contribution in [1.29, 1.82) is 0 Å². The molecule has 0 aromatic carbocycles. The van der Waals surface area contributed by atoms with Gasteiger partial charge in [0, 0.05) is 6.42 Å². The highest BCUT2D eigenvalue weighted by atomic mass is 16.4. The van der Waals surface area contributed by atoms with Gasteiger partial charge in [-0.2, -0.15) is 0 Å². The molecule has 4 unspecified atom stereocenters. The van der Waals surface area contributed by atoms with Gasteiger partial charge in [-0.3, -0.25) is 4.79 Å². The molecule has 0 aromatic heterocycles. The van der Waals surface area contributed by atoms with Gasteiger partial charge in [0.25, 0.3) is 0 Å². The number of aliphatic carboxylic acids is 1. The van der Waals surface area contributed by atoms with Gasteiger partial charge in [0.1, 0.15) is 0 Å². The monoisotopic (exact) mass is 180 g/mol. The highest BCUT2D eigenvalue weighted by Gasteiger charge is 2.41. The first-order chi connectivity index (χ1) is 6.18. The van der Waals surface area contributed by atoms with Crippen molar-refractivity contribution < 1.29 is 9.90 Å². The number of hydrogen-bond donors (Lipinski definition) is 1. The summed E-state index contributed by atoms with van der Waals surface area (Å²) in [6, 6.07) is 0. The van der Waals surface area contributed by atoms with Crippen molar-refractivity contribution in [3.8, 4) is 0 Å². The summed E-state index contributed by atoms with van der Waals surface area (Å²) in [6.45, 7) is 2.26. The number of hydrogen-bond acceptors (Lipinski definition) is 1. The fourth-order valence-electron chi connectivity index (χ4n) is 2.94. The maximum absolute atomic E-state index is 10.5. The summed E-state index contributed by atoms with van der Waals surface area (Å²) in [6.07, 6.45) is 7.07. The number of carbonyl (C=O) groups is 1. The van der Waals surface area contributed by atoms with Crippen molar-refractivity contribution >= 4 is 5.97 Å². The van der Waals surface area contributed by atoms with E-state index in [1.165, 1.54) is 6.42 Å². The molecule has 2 nitrogen and oxygen atoms in total. The fourth-order valence-corrected chi connectivity index (χ4v) is 2.94. The smallest absolute Gasteiger partial charge is 0.303 e. The van der Waals surface area contributed by atoms with Crippen molar-refractivity contribution in [3.63, 3.8) is 0 Å². The Hall–Kier alpha value is -0.790. The van der Waals surface area contributed by atoms with Crippen LogP contribution in [0.2, 0.25) is 0 Å². The van der Waals surface area contributed by atoms with E-state index < -0.39 is 5.97 Å². The van der Waals surface area contributed by atoms with E-state index in [1.807, 2.05) is 0 Å². The zero-order valence-corrected chi connectivity index (χ0v) is 7.94. The van der Waals surface area contributed by atoms with Crippen LogP contribution in [0.25, 0.3) is 0 Å². The summed E-state index contributed by atoms with van der Waals surface area (Å²) in [7, 11) is 0. The topological polar surface area (TPSA) is 37.3 Å². The molecule has 0 radical (unpaired) electrons. The minimum absolute atomic E-state index is 0.339. The van der Waals surface area contributed by atoms with Gasteiger partial charge in [-0.1, -0.05) is 19.1 Å². The summed E-state index contributed by atoms with van der Waals surface area (Å²) < 4.78 is 0. The summed E-state index contributed by atoms with van der Waals surface area (Å²) in [5.74, 6) is 2.10. The first kappa shape index (κ1) is 8.79. The zero-order valence-electron chi connectivity index (χ0n) is 7.94. The molecule has 2 aliphatic carbocycles. The Balaban J connectivity index is 1.93. The maximum Gasteiger partial charge on any atom is 0.303 e. The van der Waals surface area contributed by atoms with Crippen molar-refractivity contribution in [2.24, 2.45) is 23.7 Å². The van der Waals surface area contributed by atoms with E-state index in [9.17, 15) is 4.79 Å². The molecule has 13 heavy (non-hydrogen) atoms. The molecule has 0 heterocycles. The molecule has 2 bridgehead atoms. The van der Waals surface area contributed by atoms with Crippen LogP contribution in [-0.4, -0.2) is 11.1 Å². The number of carboxylic acids is 1. The molecule has 0 saturated heterocycles. The van der Waals surface area contributed by atoms with Crippen LogP contribution >= 0.6 is 0 Å².